The molecule has 1 fully saturated rings. The molecule has 2 N–H and O–H groups in total. The molecule has 2 rings (SSSR count). The smallest absolute Gasteiger partial charge is 0.305 e. The third kappa shape index (κ3) is 4.99. The van der Waals surface area contributed by atoms with Crippen molar-refractivity contribution in [1.29, 1.82) is 0 Å². The van der Waals surface area contributed by atoms with Gasteiger partial charge in [-0.2, -0.15) is 11.8 Å². The maximum absolute atomic E-state index is 12.6. The van der Waals surface area contributed by atoms with Crippen LogP contribution in [0.2, 0.25) is 0 Å². The van der Waals surface area contributed by atoms with Crippen molar-refractivity contribution in [2.75, 3.05) is 18.1 Å². The van der Waals surface area contributed by atoms with Gasteiger partial charge in [0.1, 0.15) is 0 Å². The number of thioether (sulfide) groups is 1. The van der Waals surface area contributed by atoms with Crippen LogP contribution in [0.4, 0.5) is 0 Å². The number of carboxylic acids is 1. The number of aliphatic carboxylic acids is 1. The van der Waals surface area contributed by atoms with E-state index in [2.05, 4.69) is 5.32 Å². The molecule has 1 unspecified atom stereocenters. The Morgan fingerprint density at radius 2 is 2.00 bits per heavy atom. The maximum atomic E-state index is 12.6. The summed E-state index contributed by atoms with van der Waals surface area (Å²) in [6, 6.07) is 6.78. The van der Waals surface area contributed by atoms with Crippen molar-refractivity contribution in [1.82, 2.24) is 10.2 Å². The maximum Gasteiger partial charge on any atom is 0.305 e. The van der Waals surface area contributed by atoms with E-state index in [4.69, 9.17) is 5.11 Å². The average Bonchev–Trinajstić information content (AvgIpc) is 2.53. The Morgan fingerprint density at radius 1 is 1.30 bits per heavy atom. The molecule has 2 amide bonds. The van der Waals surface area contributed by atoms with Gasteiger partial charge in [-0.3, -0.25) is 14.4 Å². The summed E-state index contributed by atoms with van der Waals surface area (Å²) in [5.41, 5.74) is 1.45. The molecule has 6 nitrogen and oxygen atoms in total. The van der Waals surface area contributed by atoms with Crippen molar-refractivity contribution in [3.63, 3.8) is 0 Å². The van der Waals surface area contributed by atoms with Gasteiger partial charge in [0.2, 0.25) is 5.91 Å². The molecule has 1 heterocycles. The van der Waals surface area contributed by atoms with Gasteiger partial charge in [0, 0.05) is 37.1 Å². The zero-order chi connectivity index (χ0) is 16.8. The first-order valence-electron chi connectivity index (χ1n) is 7.41. The second-order valence-corrected chi connectivity index (χ2v) is 6.58. The molecular weight excluding hydrogens is 316 g/mol. The van der Waals surface area contributed by atoms with E-state index in [0.717, 1.165) is 11.3 Å². The quantitative estimate of drug-likeness (QED) is 0.848. The van der Waals surface area contributed by atoms with Crippen LogP contribution in [0, 0.1) is 0 Å². The molecule has 1 saturated heterocycles. The van der Waals surface area contributed by atoms with E-state index in [-0.39, 0.29) is 24.3 Å². The second kappa shape index (κ2) is 8.01. The van der Waals surface area contributed by atoms with Crippen molar-refractivity contribution < 1.29 is 19.5 Å². The van der Waals surface area contributed by atoms with Crippen LogP contribution in [-0.4, -0.2) is 51.9 Å². The normalized spacial score (nSPS) is 17.6. The monoisotopic (exact) mass is 336 g/mol. The number of nitrogens with zero attached hydrogens (tertiary/aromatic N) is 1. The number of nitrogens with one attached hydrogen (secondary N) is 1. The fourth-order valence-electron chi connectivity index (χ4n) is 2.45. The predicted octanol–water partition coefficient (Wildman–Crippen LogP) is 1.35. The van der Waals surface area contributed by atoms with Gasteiger partial charge in [-0.15, -0.1) is 0 Å². The Kier molecular flexibility index (Phi) is 6.04. The lowest BCUT2D eigenvalue weighted by molar-refractivity contribution is -0.138. The van der Waals surface area contributed by atoms with Crippen LogP contribution in [0.5, 0.6) is 0 Å². The summed E-state index contributed by atoms with van der Waals surface area (Å²) in [7, 11) is 0. The third-order valence-corrected chi connectivity index (χ3v) is 4.73. The van der Waals surface area contributed by atoms with Gasteiger partial charge in [-0.1, -0.05) is 12.1 Å². The Morgan fingerprint density at radius 3 is 2.61 bits per heavy atom. The molecule has 0 bridgehead atoms. The van der Waals surface area contributed by atoms with Crippen LogP contribution in [0.3, 0.4) is 0 Å². The van der Waals surface area contributed by atoms with Gasteiger partial charge in [0.25, 0.3) is 5.91 Å². The Labute approximate surface area is 139 Å². The van der Waals surface area contributed by atoms with Crippen LogP contribution >= 0.6 is 11.8 Å². The highest BCUT2D eigenvalue weighted by atomic mass is 32.2. The minimum absolute atomic E-state index is 0.0284. The molecule has 1 aliphatic heterocycles. The molecule has 1 aliphatic rings. The van der Waals surface area contributed by atoms with E-state index in [0.29, 0.717) is 24.4 Å². The van der Waals surface area contributed by atoms with Gasteiger partial charge < -0.3 is 15.3 Å². The second-order valence-electron chi connectivity index (χ2n) is 5.43. The fraction of sp³-hybridized carbons (Fsp3) is 0.438. The SMILES string of the molecule is CC(=O)NCc1ccc(C(=O)N2CCSCC2CC(=O)O)cc1. The van der Waals surface area contributed by atoms with Crippen molar-refractivity contribution in [3.8, 4) is 0 Å². The van der Waals surface area contributed by atoms with E-state index in [1.165, 1.54) is 6.92 Å². The van der Waals surface area contributed by atoms with Crippen molar-refractivity contribution in [2.24, 2.45) is 0 Å². The lowest BCUT2D eigenvalue weighted by Gasteiger charge is -2.34. The molecule has 7 heteroatoms. The van der Waals surface area contributed by atoms with Gasteiger partial charge in [0.15, 0.2) is 0 Å². The van der Waals surface area contributed by atoms with Crippen molar-refractivity contribution in [3.05, 3.63) is 35.4 Å². The van der Waals surface area contributed by atoms with E-state index in [1.807, 2.05) is 0 Å². The molecule has 1 aromatic rings. The van der Waals surface area contributed by atoms with Gasteiger partial charge in [0.05, 0.1) is 12.5 Å². The van der Waals surface area contributed by atoms with Crippen LogP contribution in [0.15, 0.2) is 24.3 Å². The molecule has 0 aromatic heterocycles. The van der Waals surface area contributed by atoms with Crippen LogP contribution in [-0.2, 0) is 16.1 Å². The summed E-state index contributed by atoms with van der Waals surface area (Å²) in [6.07, 6.45) is -0.0284. The predicted molar refractivity (Wildman–Crippen MR) is 88.4 cm³/mol. The molecule has 0 aliphatic carbocycles. The number of benzene rings is 1. The first kappa shape index (κ1) is 17.3. The summed E-state index contributed by atoms with van der Waals surface area (Å²) in [4.78, 5) is 36.1. The van der Waals surface area contributed by atoms with Gasteiger partial charge in [-0.05, 0) is 17.7 Å². The number of carbonyl (C=O) groups excluding carboxylic acids is 2. The zero-order valence-corrected chi connectivity index (χ0v) is 13.8. The highest BCUT2D eigenvalue weighted by Gasteiger charge is 2.29. The van der Waals surface area contributed by atoms with Gasteiger partial charge >= 0.3 is 5.97 Å². The summed E-state index contributed by atoms with van der Waals surface area (Å²) < 4.78 is 0. The minimum atomic E-state index is -0.888. The van der Waals surface area contributed by atoms with Gasteiger partial charge in [-0.25, -0.2) is 0 Å². The molecule has 124 valence electrons. The number of amides is 2. The zero-order valence-electron chi connectivity index (χ0n) is 12.9. The van der Waals surface area contributed by atoms with Crippen molar-refractivity contribution >= 4 is 29.5 Å². The molecule has 0 saturated carbocycles. The molecule has 1 atom stereocenters. The molecule has 1 aromatic carbocycles. The lowest BCUT2D eigenvalue weighted by atomic mass is 10.1. The first-order valence-corrected chi connectivity index (χ1v) is 8.56. The number of hydrogen-bond acceptors (Lipinski definition) is 4. The standard InChI is InChI=1S/C16H20N2O4S/c1-11(19)17-9-12-2-4-13(5-3-12)16(22)18-6-7-23-10-14(18)8-15(20)21/h2-5,14H,6-10H2,1H3,(H,17,19)(H,20,21). The summed E-state index contributed by atoms with van der Waals surface area (Å²) in [6.45, 7) is 2.44. The molecular formula is C16H20N2O4S. The van der Waals surface area contributed by atoms with E-state index in [9.17, 15) is 14.4 Å². The summed E-state index contributed by atoms with van der Waals surface area (Å²) in [5, 5.41) is 11.7. The molecule has 0 radical (unpaired) electrons. The lowest BCUT2D eigenvalue weighted by Crippen LogP contribution is -2.47. The largest absolute Gasteiger partial charge is 0.481 e. The first-order chi connectivity index (χ1) is 11.0. The third-order valence-electron chi connectivity index (χ3n) is 3.64. The Balaban J connectivity index is 2.05. The van der Waals surface area contributed by atoms with Crippen LogP contribution < -0.4 is 5.32 Å². The highest BCUT2D eigenvalue weighted by molar-refractivity contribution is 7.99. The fourth-order valence-corrected chi connectivity index (χ4v) is 3.51. The molecule has 0 spiro atoms. The number of carbonyl (C=O) groups is 3. The minimum Gasteiger partial charge on any atom is -0.481 e. The average molecular weight is 336 g/mol. The molecule has 23 heavy (non-hydrogen) atoms. The Bertz CT molecular complexity index is 588. The van der Waals surface area contributed by atoms with Crippen LogP contribution in [0.1, 0.15) is 29.3 Å². The summed E-state index contributed by atoms with van der Waals surface area (Å²) in [5.74, 6) is 0.345. The highest BCUT2D eigenvalue weighted by Crippen LogP contribution is 2.21. The van der Waals surface area contributed by atoms with E-state index >= 15 is 0 Å². The van der Waals surface area contributed by atoms with E-state index < -0.39 is 5.97 Å². The Hall–Kier alpha value is -2.02. The summed E-state index contributed by atoms with van der Waals surface area (Å²) >= 11 is 1.68. The topological polar surface area (TPSA) is 86.7 Å². The van der Waals surface area contributed by atoms with Crippen LogP contribution in [0.25, 0.3) is 0 Å². The number of rotatable bonds is 5. The number of carboxylic acid groups (broad SMARTS) is 1. The van der Waals surface area contributed by atoms with Crippen molar-refractivity contribution in [2.45, 2.75) is 25.9 Å². The number of hydrogen-bond donors (Lipinski definition) is 2. The van der Waals surface area contributed by atoms with E-state index in [1.54, 1.807) is 40.9 Å².